The summed E-state index contributed by atoms with van der Waals surface area (Å²) in [5.74, 6) is -1.50. The Morgan fingerprint density at radius 3 is 2.53 bits per heavy atom. The van der Waals surface area contributed by atoms with Crippen molar-refractivity contribution in [1.82, 2.24) is 4.90 Å². The summed E-state index contributed by atoms with van der Waals surface area (Å²) < 4.78 is 10.6. The first-order valence-electron chi connectivity index (χ1n) is 10.1. The molecule has 2 aliphatic heterocycles. The van der Waals surface area contributed by atoms with E-state index in [9.17, 15) is 19.8 Å². The van der Waals surface area contributed by atoms with Gasteiger partial charge in [0.25, 0.3) is 5.91 Å². The summed E-state index contributed by atoms with van der Waals surface area (Å²) in [5, 5.41) is 20.2. The molecule has 3 heterocycles. The molecule has 1 fully saturated rings. The Morgan fingerprint density at radius 1 is 1.13 bits per heavy atom. The largest absolute Gasteiger partial charge is 0.508 e. The average molecular weight is 413 g/mol. The molecule has 0 radical (unpaired) electrons. The number of phenols is 1. The predicted octanol–water partition coefficient (Wildman–Crippen LogP) is 0.869. The van der Waals surface area contributed by atoms with Crippen LogP contribution in [0.2, 0.25) is 0 Å². The molecule has 158 valence electrons. The topological polar surface area (TPSA) is 105 Å². The number of aromatic hydroxyl groups is 1. The number of Topliss-reactive ketones (excluding diaryl/α,β-unsaturated/α-hetero) is 1. The number of amides is 1. The summed E-state index contributed by atoms with van der Waals surface area (Å²) in [6.45, 7) is 4.60. The summed E-state index contributed by atoms with van der Waals surface area (Å²) in [5.41, 5.74) is 0.637. The number of aliphatic hydroxyl groups is 1. The van der Waals surface area contributed by atoms with Gasteiger partial charge in [0.15, 0.2) is 11.5 Å². The molecule has 1 atom stereocenters. The fraction of sp³-hybridized carbons (Fsp3) is 0.364. The molecule has 30 heavy (non-hydrogen) atoms. The maximum absolute atomic E-state index is 13.0. The number of carbonyl (C=O) groups is 2. The Kier molecular flexibility index (Phi) is 5.87. The van der Waals surface area contributed by atoms with Gasteiger partial charge >= 0.3 is 0 Å². The zero-order chi connectivity index (χ0) is 21.1. The first kappa shape index (κ1) is 20.2. The normalized spacial score (nSPS) is 20.2. The molecule has 1 aromatic heterocycles. The number of ether oxygens (including phenoxy) is 1. The molecule has 1 aromatic carbocycles. The lowest BCUT2D eigenvalue weighted by atomic mass is 9.95. The van der Waals surface area contributed by atoms with Crippen LogP contribution in [0.25, 0.3) is 0 Å². The summed E-state index contributed by atoms with van der Waals surface area (Å²) in [6, 6.07) is 8.66. The molecule has 2 aliphatic rings. The second kappa shape index (κ2) is 8.73. The standard InChI is InChI=1S/C22H24N2O6/c25-16-6-4-15(5-7-16)19-18(20(26)17-3-1-12-30-17)21(27)22(28)24(19)9-2-8-23-10-13-29-14-11-23/h1,3-7,12,19,25,27H,2,8-11,13-14H2/p+1/t19-/m1/s1. The molecular weight excluding hydrogens is 388 g/mol. The number of ketones is 1. The van der Waals surface area contributed by atoms with E-state index in [1.165, 1.54) is 34.3 Å². The first-order valence-corrected chi connectivity index (χ1v) is 10.1. The van der Waals surface area contributed by atoms with Gasteiger partial charge in [0.05, 0.1) is 37.6 Å². The van der Waals surface area contributed by atoms with Crippen LogP contribution in [0.15, 0.2) is 58.4 Å². The van der Waals surface area contributed by atoms with Gasteiger partial charge in [-0.15, -0.1) is 0 Å². The van der Waals surface area contributed by atoms with Gasteiger partial charge in [0.2, 0.25) is 5.78 Å². The van der Waals surface area contributed by atoms with Crippen molar-refractivity contribution < 1.29 is 33.9 Å². The predicted molar refractivity (Wildman–Crippen MR) is 106 cm³/mol. The van der Waals surface area contributed by atoms with Gasteiger partial charge in [-0.3, -0.25) is 9.59 Å². The van der Waals surface area contributed by atoms with E-state index < -0.39 is 23.5 Å². The van der Waals surface area contributed by atoms with Gasteiger partial charge in [-0.25, -0.2) is 0 Å². The van der Waals surface area contributed by atoms with Gasteiger partial charge in [0, 0.05) is 13.0 Å². The van der Waals surface area contributed by atoms with E-state index in [1.807, 2.05) is 0 Å². The minimum absolute atomic E-state index is 0.000593. The zero-order valence-electron chi connectivity index (χ0n) is 16.5. The summed E-state index contributed by atoms with van der Waals surface area (Å²) >= 11 is 0. The number of phenolic OH excluding ortho intramolecular Hbond substituents is 1. The molecule has 0 bridgehead atoms. The first-order chi connectivity index (χ1) is 14.6. The van der Waals surface area contributed by atoms with Gasteiger partial charge in [0.1, 0.15) is 18.8 Å². The molecule has 0 saturated carbocycles. The third kappa shape index (κ3) is 3.96. The number of morpholine rings is 1. The second-order valence-corrected chi connectivity index (χ2v) is 7.53. The number of quaternary nitrogens is 1. The minimum Gasteiger partial charge on any atom is -0.508 e. The molecular formula is C22H25N2O6+. The van der Waals surface area contributed by atoms with Crippen LogP contribution in [0.5, 0.6) is 5.75 Å². The van der Waals surface area contributed by atoms with Gasteiger partial charge in [-0.05, 0) is 29.8 Å². The molecule has 1 saturated heterocycles. The van der Waals surface area contributed by atoms with Gasteiger partial charge < -0.3 is 29.2 Å². The van der Waals surface area contributed by atoms with Crippen molar-refractivity contribution >= 4 is 11.7 Å². The van der Waals surface area contributed by atoms with Crippen molar-refractivity contribution in [1.29, 1.82) is 0 Å². The lowest BCUT2D eigenvalue weighted by Crippen LogP contribution is -3.14. The van der Waals surface area contributed by atoms with E-state index in [0.29, 0.717) is 12.1 Å². The summed E-state index contributed by atoms with van der Waals surface area (Å²) in [4.78, 5) is 28.8. The number of nitrogens with zero attached hydrogens (tertiary/aromatic N) is 1. The third-order valence-electron chi connectivity index (χ3n) is 5.63. The third-order valence-corrected chi connectivity index (χ3v) is 5.63. The molecule has 1 amide bonds. The highest BCUT2D eigenvalue weighted by Crippen LogP contribution is 2.39. The highest BCUT2D eigenvalue weighted by atomic mass is 16.5. The lowest BCUT2D eigenvalue weighted by Gasteiger charge is -2.28. The van der Waals surface area contributed by atoms with Gasteiger partial charge in [-0.1, -0.05) is 12.1 Å². The highest BCUT2D eigenvalue weighted by molar-refractivity contribution is 6.15. The number of carbonyl (C=O) groups excluding carboxylic acids is 2. The van der Waals surface area contributed by atoms with Crippen LogP contribution >= 0.6 is 0 Å². The van der Waals surface area contributed by atoms with E-state index in [-0.39, 0.29) is 17.1 Å². The number of furan rings is 1. The molecule has 8 nitrogen and oxygen atoms in total. The van der Waals surface area contributed by atoms with Crippen molar-refractivity contribution in [2.45, 2.75) is 12.5 Å². The smallest absolute Gasteiger partial charge is 0.290 e. The maximum Gasteiger partial charge on any atom is 0.290 e. The lowest BCUT2D eigenvalue weighted by molar-refractivity contribution is -0.908. The number of nitrogens with one attached hydrogen (secondary N) is 1. The Morgan fingerprint density at radius 2 is 1.87 bits per heavy atom. The Hall–Kier alpha value is -3.10. The highest BCUT2D eigenvalue weighted by Gasteiger charge is 2.44. The number of hydrogen-bond acceptors (Lipinski definition) is 6. The fourth-order valence-electron chi connectivity index (χ4n) is 4.07. The Labute approximate surface area is 174 Å². The van der Waals surface area contributed by atoms with Crippen molar-refractivity contribution in [3.05, 3.63) is 65.3 Å². The number of rotatable bonds is 7. The van der Waals surface area contributed by atoms with E-state index in [0.717, 1.165) is 39.3 Å². The SMILES string of the molecule is O=C(C1=C(O)C(=O)N(CCC[NH+]2CCOCC2)[C@@H]1c1ccc(O)cc1)c1ccco1. The van der Waals surface area contributed by atoms with E-state index in [2.05, 4.69) is 0 Å². The van der Waals surface area contributed by atoms with E-state index >= 15 is 0 Å². The fourth-order valence-corrected chi connectivity index (χ4v) is 4.07. The molecule has 8 heteroatoms. The molecule has 0 aliphatic carbocycles. The van der Waals surface area contributed by atoms with Crippen LogP contribution in [-0.4, -0.2) is 66.2 Å². The number of aliphatic hydroxyl groups excluding tert-OH is 1. The van der Waals surface area contributed by atoms with Crippen LogP contribution in [0, 0.1) is 0 Å². The molecule has 0 unspecified atom stereocenters. The van der Waals surface area contributed by atoms with Crippen molar-refractivity contribution in [3.8, 4) is 5.75 Å². The van der Waals surface area contributed by atoms with E-state index in [4.69, 9.17) is 9.15 Å². The number of hydrogen-bond donors (Lipinski definition) is 3. The van der Waals surface area contributed by atoms with Crippen molar-refractivity contribution in [2.75, 3.05) is 39.4 Å². The average Bonchev–Trinajstić information content (AvgIpc) is 3.38. The molecule has 0 spiro atoms. The van der Waals surface area contributed by atoms with Crippen LogP contribution in [-0.2, 0) is 9.53 Å². The van der Waals surface area contributed by atoms with Crippen LogP contribution in [0.4, 0.5) is 0 Å². The summed E-state index contributed by atoms with van der Waals surface area (Å²) in [7, 11) is 0. The van der Waals surface area contributed by atoms with Crippen molar-refractivity contribution in [2.24, 2.45) is 0 Å². The summed E-state index contributed by atoms with van der Waals surface area (Å²) in [6.07, 6.45) is 2.10. The molecule has 4 rings (SSSR count). The molecule has 3 N–H and O–H groups in total. The quantitative estimate of drug-likeness (QED) is 0.582. The Bertz CT molecular complexity index is 929. The minimum atomic E-state index is -0.740. The zero-order valence-corrected chi connectivity index (χ0v) is 16.5. The van der Waals surface area contributed by atoms with Crippen molar-refractivity contribution in [3.63, 3.8) is 0 Å². The maximum atomic E-state index is 13.0. The number of benzene rings is 1. The second-order valence-electron chi connectivity index (χ2n) is 7.53. The van der Waals surface area contributed by atoms with Crippen LogP contribution < -0.4 is 4.90 Å². The van der Waals surface area contributed by atoms with Gasteiger partial charge in [-0.2, -0.15) is 0 Å². The Balaban J connectivity index is 1.59. The van der Waals surface area contributed by atoms with E-state index in [1.54, 1.807) is 18.2 Å². The van der Waals surface area contributed by atoms with Crippen LogP contribution in [0.3, 0.4) is 0 Å². The van der Waals surface area contributed by atoms with Crippen LogP contribution in [0.1, 0.15) is 28.6 Å². The molecule has 2 aromatic rings. The monoisotopic (exact) mass is 413 g/mol.